The quantitative estimate of drug-likeness (QED) is 0.602. The van der Waals surface area contributed by atoms with Crippen molar-refractivity contribution in [2.24, 2.45) is 0 Å². The minimum atomic E-state index is -0.606. The van der Waals surface area contributed by atoms with Gasteiger partial charge < -0.3 is 23.8 Å². The molecule has 1 saturated heterocycles. The summed E-state index contributed by atoms with van der Waals surface area (Å²) in [5, 5.41) is 0.653. The highest BCUT2D eigenvalue weighted by atomic mass is 35.5. The molecule has 3 rings (SSSR count). The van der Waals surface area contributed by atoms with Crippen molar-refractivity contribution >= 4 is 23.5 Å². The summed E-state index contributed by atoms with van der Waals surface area (Å²) in [6.07, 6.45) is -0.0961. The van der Waals surface area contributed by atoms with E-state index in [4.69, 9.17) is 30.5 Å². The molecule has 0 spiro atoms. The molecular formula is C23H26ClNO6. The van der Waals surface area contributed by atoms with Gasteiger partial charge in [0.1, 0.15) is 6.61 Å². The van der Waals surface area contributed by atoms with Crippen molar-refractivity contribution in [3.05, 3.63) is 58.6 Å². The van der Waals surface area contributed by atoms with Crippen molar-refractivity contribution in [3.8, 4) is 11.5 Å². The third kappa shape index (κ3) is 6.35. The molecule has 1 aliphatic rings. The summed E-state index contributed by atoms with van der Waals surface area (Å²) in [7, 11) is 1.49. The number of rotatable bonds is 7. The van der Waals surface area contributed by atoms with Crippen LogP contribution in [0.4, 0.5) is 0 Å². The number of morpholine rings is 1. The maximum Gasteiger partial charge on any atom is 0.338 e. The van der Waals surface area contributed by atoms with Gasteiger partial charge in [0.05, 0.1) is 24.9 Å². The minimum Gasteiger partial charge on any atom is -0.493 e. The Morgan fingerprint density at radius 3 is 2.39 bits per heavy atom. The topological polar surface area (TPSA) is 74.3 Å². The average Bonchev–Trinajstić information content (AvgIpc) is 2.76. The number of halogens is 1. The minimum absolute atomic E-state index is 0.0481. The molecule has 0 bridgehead atoms. The van der Waals surface area contributed by atoms with E-state index >= 15 is 0 Å². The number of hydrogen-bond donors (Lipinski definition) is 0. The van der Waals surface area contributed by atoms with Gasteiger partial charge in [-0.05, 0) is 49.7 Å². The molecule has 1 heterocycles. The number of esters is 1. The first kappa shape index (κ1) is 22.9. The number of hydrogen-bond acceptors (Lipinski definition) is 6. The number of amides is 1. The first-order valence-electron chi connectivity index (χ1n) is 10.0. The van der Waals surface area contributed by atoms with Gasteiger partial charge in [0, 0.05) is 18.1 Å². The smallest absolute Gasteiger partial charge is 0.338 e. The van der Waals surface area contributed by atoms with E-state index in [1.165, 1.54) is 13.2 Å². The van der Waals surface area contributed by atoms with Crippen LogP contribution in [0.15, 0.2) is 42.5 Å². The van der Waals surface area contributed by atoms with Crippen LogP contribution in [0.25, 0.3) is 0 Å². The Morgan fingerprint density at radius 2 is 1.74 bits per heavy atom. The number of carbonyl (C=O) groups is 2. The lowest BCUT2D eigenvalue weighted by Crippen LogP contribution is -2.49. The molecule has 166 valence electrons. The first-order chi connectivity index (χ1) is 14.9. The summed E-state index contributed by atoms with van der Waals surface area (Å²) in [5.74, 6) is 0.0300. The van der Waals surface area contributed by atoms with Crippen molar-refractivity contribution in [3.63, 3.8) is 0 Å². The van der Waals surface area contributed by atoms with E-state index in [0.717, 1.165) is 5.56 Å². The lowest BCUT2D eigenvalue weighted by Gasteiger charge is -2.35. The molecule has 1 fully saturated rings. The third-order valence-electron chi connectivity index (χ3n) is 4.81. The summed E-state index contributed by atoms with van der Waals surface area (Å²) in [6, 6.07) is 12.1. The molecular weight excluding hydrogens is 422 g/mol. The number of methoxy groups -OCH3 is 1. The van der Waals surface area contributed by atoms with E-state index in [0.29, 0.717) is 36.2 Å². The zero-order valence-corrected chi connectivity index (χ0v) is 18.6. The molecule has 0 radical (unpaired) electrons. The second kappa shape index (κ2) is 10.5. The second-order valence-electron chi connectivity index (χ2n) is 7.41. The molecule has 0 aliphatic carbocycles. The molecule has 1 aliphatic heterocycles. The van der Waals surface area contributed by atoms with Crippen molar-refractivity contribution < 1.29 is 28.5 Å². The normalized spacial score (nSPS) is 18.4. The molecule has 8 heteroatoms. The number of benzene rings is 2. The van der Waals surface area contributed by atoms with Crippen LogP contribution in [0.5, 0.6) is 11.5 Å². The molecule has 2 aromatic rings. The van der Waals surface area contributed by atoms with Gasteiger partial charge in [-0.1, -0.05) is 23.7 Å². The Kier molecular flexibility index (Phi) is 7.76. The van der Waals surface area contributed by atoms with Gasteiger partial charge in [-0.2, -0.15) is 0 Å². The van der Waals surface area contributed by atoms with Crippen LogP contribution in [0.1, 0.15) is 29.8 Å². The number of carbonyl (C=O) groups excluding carboxylic acids is 2. The molecule has 0 saturated carbocycles. The Hall–Kier alpha value is -2.77. The van der Waals surface area contributed by atoms with E-state index < -0.39 is 5.97 Å². The summed E-state index contributed by atoms with van der Waals surface area (Å²) in [6.45, 7) is 4.77. The van der Waals surface area contributed by atoms with Crippen LogP contribution < -0.4 is 9.47 Å². The fourth-order valence-electron chi connectivity index (χ4n) is 3.34. The van der Waals surface area contributed by atoms with Crippen molar-refractivity contribution in [2.75, 3.05) is 26.8 Å². The monoisotopic (exact) mass is 447 g/mol. The fourth-order valence-corrected chi connectivity index (χ4v) is 3.46. The van der Waals surface area contributed by atoms with E-state index in [9.17, 15) is 9.59 Å². The third-order valence-corrected chi connectivity index (χ3v) is 5.06. The largest absolute Gasteiger partial charge is 0.493 e. The van der Waals surface area contributed by atoms with E-state index in [2.05, 4.69) is 0 Å². The predicted molar refractivity (Wildman–Crippen MR) is 116 cm³/mol. The lowest BCUT2D eigenvalue weighted by atomic mass is 10.2. The van der Waals surface area contributed by atoms with E-state index in [1.54, 1.807) is 29.2 Å². The summed E-state index contributed by atoms with van der Waals surface area (Å²) in [4.78, 5) is 26.5. The first-order valence-corrected chi connectivity index (χ1v) is 10.4. The molecule has 0 N–H and O–H groups in total. The summed E-state index contributed by atoms with van der Waals surface area (Å²) >= 11 is 5.89. The number of ether oxygens (including phenoxy) is 4. The molecule has 2 unspecified atom stereocenters. The zero-order valence-electron chi connectivity index (χ0n) is 17.8. The van der Waals surface area contributed by atoms with Gasteiger partial charge in [0.15, 0.2) is 18.1 Å². The predicted octanol–water partition coefficient (Wildman–Crippen LogP) is 3.72. The molecule has 7 nitrogen and oxygen atoms in total. The van der Waals surface area contributed by atoms with Crippen LogP contribution >= 0.6 is 11.6 Å². The molecule has 0 aromatic heterocycles. The SMILES string of the molecule is COc1cc(C(=O)OCC(=O)N2CC(C)OC(C)C2)ccc1OCc1ccc(Cl)cc1. The van der Waals surface area contributed by atoms with Crippen molar-refractivity contribution in [1.82, 2.24) is 4.90 Å². The van der Waals surface area contributed by atoms with Gasteiger partial charge >= 0.3 is 5.97 Å². The van der Waals surface area contributed by atoms with Gasteiger partial charge in [0.25, 0.3) is 5.91 Å². The maximum atomic E-state index is 12.4. The fraction of sp³-hybridized carbons (Fsp3) is 0.391. The van der Waals surface area contributed by atoms with Crippen LogP contribution in [-0.4, -0.2) is 55.8 Å². The van der Waals surface area contributed by atoms with Crippen LogP contribution in [0, 0.1) is 0 Å². The van der Waals surface area contributed by atoms with Gasteiger partial charge in [-0.15, -0.1) is 0 Å². The second-order valence-corrected chi connectivity index (χ2v) is 7.85. The molecule has 31 heavy (non-hydrogen) atoms. The van der Waals surface area contributed by atoms with Crippen LogP contribution in [-0.2, 0) is 20.9 Å². The summed E-state index contributed by atoms with van der Waals surface area (Å²) < 4.78 is 22.0. The number of nitrogens with zero attached hydrogens (tertiary/aromatic N) is 1. The Labute approximate surface area is 186 Å². The molecule has 1 amide bonds. The van der Waals surface area contributed by atoms with Gasteiger partial charge in [-0.25, -0.2) is 4.79 Å². The van der Waals surface area contributed by atoms with Gasteiger partial charge in [0.2, 0.25) is 0 Å². The van der Waals surface area contributed by atoms with Crippen molar-refractivity contribution in [2.45, 2.75) is 32.7 Å². The highest BCUT2D eigenvalue weighted by Gasteiger charge is 2.26. The van der Waals surface area contributed by atoms with Gasteiger partial charge in [-0.3, -0.25) is 4.79 Å². The highest BCUT2D eigenvalue weighted by molar-refractivity contribution is 6.30. The Morgan fingerprint density at radius 1 is 1.06 bits per heavy atom. The Balaban J connectivity index is 1.57. The molecule has 2 aromatic carbocycles. The van der Waals surface area contributed by atoms with Crippen molar-refractivity contribution in [1.29, 1.82) is 0 Å². The highest BCUT2D eigenvalue weighted by Crippen LogP contribution is 2.29. The maximum absolute atomic E-state index is 12.4. The van der Waals surface area contributed by atoms with E-state index in [1.807, 2.05) is 26.0 Å². The average molecular weight is 448 g/mol. The summed E-state index contributed by atoms with van der Waals surface area (Å²) in [5.41, 5.74) is 1.22. The van der Waals surface area contributed by atoms with E-state index in [-0.39, 0.29) is 30.3 Å². The standard InChI is InChI=1S/C23H26ClNO6/c1-15-11-25(12-16(2)31-15)22(26)14-30-23(27)18-6-9-20(21(10-18)28-3)29-13-17-4-7-19(24)8-5-17/h4-10,15-16H,11-14H2,1-3H3. The van der Waals surface area contributed by atoms with Crippen LogP contribution in [0.2, 0.25) is 5.02 Å². The molecule has 2 atom stereocenters. The van der Waals surface area contributed by atoms with Crippen LogP contribution in [0.3, 0.4) is 0 Å². The Bertz CT molecular complexity index is 907. The zero-order chi connectivity index (χ0) is 22.4. The lowest BCUT2D eigenvalue weighted by molar-refractivity contribution is -0.146.